The fraction of sp³-hybridized carbons (Fsp3) is 0.0909. The van der Waals surface area contributed by atoms with Crippen LogP contribution >= 0.6 is 11.6 Å². The number of nitrogens with one attached hydrogen (secondary N) is 1. The quantitative estimate of drug-likeness (QED) is 0.811. The van der Waals surface area contributed by atoms with Crippen LogP contribution < -0.4 is 5.56 Å². The smallest absolute Gasteiger partial charge is 0.282 e. The van der Waals surface area contributed by atoms with E-state index in [2.05, 4.69) is 5.10 Å². The first-order valence-corrected chi connectivity index (χ1v) is 5.04. The van der Waals surface area contributed by atoms with Gasteiger partial charge < -0.3 is 0 Å². The molecular weight excluding hydrogens is 228 g/mol. The second-order valence-electron chi connectivity index (χ2n) is 3.39. The third-order valence-corrected chi connectivity index (χ3v) is 2.57. The predicted octanol–water partition coefficient (Wildman–Crippen LogP) is 1.94. The Morgan fingerprint density at radius 1 is 1.31 bits per heavy atom. The van der Waals surface area contributed by atoms with Gasteiger partial charge in [0.15, 0.2) is 6.29 Å². The molecule has 4 nitrogen and oxygen atoms in total. The average molecular weight is 237 g/mol. The number of hydrogen-bond acceptors (Lipinski definition) is 2. The van der Waals surface area contributed by atoms with Crippen molar-refractivity contribution < 1.29 is 4.79 Å². The molecule has 5 heteroatoms. The van der Waals surface area contributed by atoms with Gasteiger partial charge in [-0.2, -0.15) is 0 Å². The van der Waals surface area contributed by atoms with Crippen molar-refractivity contribution in [3.63, 3.8) is 0 Å². The van der Waals surface area contributed by atoms with Crippen LogP contribution in [0.25, 0.3) is 5.69 Å². The van der Waals surface area contributed by atoms with Crippen molar-refractivity contribution in [1.82, 2.24) is 9.78 Å². The maximum Gasteiger partial charge on any atom is 0.282 e. The van der Waals surface area contributed by atoms with Crippen LogP contribution in [-0.4, -0.2) is 16.1 Å². The van der Waals surface area contributed by atoms with Crippen LogP contribution in [0, 0.1) is 6.92 Å². The largest absolute Gasteiger partial charge is 0.298 e. The van der Waals surface area contributed by atoms with Gasteiger partial charge >= 0.3 is 0 Å². The van der Waals surface area contributed by atoms with Crippen molar-refractivity contribution in [2.75, 3.05) is 0 Å². The number of carbonyl (C=O) groups is 1. The number of aromatic amines is 1. The number of rotatable bonds is 2. The normalized spacial score (nSPS) is 10.4. The lowest BCUT2D eigenvalue weighted by Crippen LogP contribution is -2.16. The van der Waals surface area contributed by atoms with E-state index in [0.29, 0.717) is 22.7 Å². The van der Waals surface area contributed by atoms with E-state index in [1.807, 2.05) is 0 Å². The zero-order valence-electron chi connectivity index (χ0n) is 8.53. The second kappa shape index (κ2) is 3.98. The first-order chi connectivity index (χ1) is 7.63. The molecule has 0 atom stereocenters. The van der Waals surface area contributed by atoms with Crippen LogP contribution in [-0.2, 0) is 0 Å². The van der Waals surface area contributed by atoms with Gasteiger partial charge in [0.1, 0.15) is 5.56 Å². The molecule has 0 bridgehead atoms. The highest BCUT2D eigenvalue weighted by Gasteiger charge is 2.10. The monoisotopic (exact) mass is 236 g/mol. The average Bonchev–Trinajstić information content (AvgIpc) is 2.55. The van der Waals surface area contributed by atoms with Gasteiger partial charge in [0.25, 0.3) is 5.56 Å². The maximum absolute atomic E-state index is 11.8. The molecule has 0 radical (unpaired) electrons. The van der Waals surface area contributed by atoms with Crippen molar-refractivity contribution in [3.05, 3.63) is 50.9 Å². The molecule has 1 aromatic carbocycles. The molecular formula is C11H9ClN2O2. The molecule has 0 aliphatic heterocycles. The van der Waals surface area contributed by atoms with Gasteiger partial charge in [-0.1, -0.05) is 11.6 Å². The molecule has 0 unspecified atom stereocenters. The number of aryl methyl sites for hydroxylation is 1. The molecule has 2 aromatic rings. The molecule has 0 aliphatic rings. The number of aromatic nitrogens is 2. The number of hydrogen-bond donors (Lipinski definition) is 1. The van der Waals surface area contributed by atoms with Gasteiger partial charge in [0.2, 0.25) is 0 Å². The summed E-state index contributed by atoms with van der Waals surface area (Å²) < 4.78 is 1.31. The number of aldehydes is 1. The number of halogens is 1. The van der Waals surface area contributed by atoms with Crippen molar-refractivity contribution in [2.45, 2.75) is 6.92 Å². The summed E-state index contributed by atoms with van der Waals surface area (Å²) in [5.74, 6) is 0. The van der Waals surface area contributed by atoms with E-state index in [1.54, 1.807) is 31.2 Å². The van der Waals surface area contributed by atoms with E-state index in [1.165, 1.54) is 4.68 Å². The van der Waals surface area contributed by atoms with Crippen molar-refractivity contribution in [3.8, 4) is 5.69 Å². The van der Waals surface area contributed by atoms with Crippen LogP contribution in [0.5, 0.6) is 0 Å². The van der Waals surface area contributed by atoms with Crippen LogP contribution in [0.4, 0.5) is 0 Å². The standard InChI is InChI=1S/C11H9ClN2O2/c1-7-10(6-15)11(16)14(13-7)9-4-2-8(12)3-5-9/h2-6,13H,1H3. The van der Waals surface area contributed by atoms with Crippen molar-refractivity contribution >= 4 is 17.9 Å². The van der Waals surface area contributed by atoms with Crippen LogP contribution in [0.1, 0.15) is 16.1 Å². The highest BCUT2D eigenvalue weighted by atomic mass is 35.5. The summed E-state index contributed by atoms with van der Waals surface area (Å²) in [5.41, 5.74) is 0.991. The molecule has 0 amide bonds. The number of benzene rings is 1. The molecule has 16 heavy (non-hydrogen) atoms. The third kappa shape index (κ3) is 1.67. The van der Waals surface area contributed by atoms with Gasteiger partial charge in [0, 0.05) is 10.7 Å². The third-order valence-electron chi connectivity index (χ3n) is 2.32. The summed E-state index contributed by atoms with van der Waals surface area (Å²) in [7, 11) is 0. The van der Waals surface area contributed by atoms with Gasteiger partial charge in [-0.3, -0.25) is 14.7 Å². The van der Waals surface area contributed by atoms with E-state index < -0.39 is 0 Å². The van der Waals surface area contributed by atoms with Crippen LogP contribution in [0.3, 0.4) is 0 Å². The van der Waals surface area contributed by atoms with Crippen molar-refractivity contribution in [1.29, 1.82) is 0 Å². The Balaban J connectivity index is 2.61. The number of H-pyrrole nitrogens is 1. The van der Waals surface area contributed by atoms with E-state index in [0.717, 1.165) is 0 Å². The van der Waals surface area contributed by atoms with Gasteiger partial charge in [-0.15, -0.1) is 0 Å². The van der Waals surface area contributed by atoms with E-state index in [-0.39, 0.29) is 11.1 Å². The van der Waals surface area contributed by atoms with E-state index in [9.17, 15) is 9.59 Å². The lowest BCUT2D eigenvalue weighted by molar-refractivity contribution is 0.112. The second-order valence-corrected chi connectivity index (χ2v) is 3.82. The van der Waals surface area contributed by atoms with Crippen LogP contribution in [0.2, 0.25) is 5.02 Å². The number of carbonyl (C=O) groups excluding carboxylic acids is 1. The highest BCUT2D eigenvalue weighted by Crippen LogP contribution is 2.12. The zero-order chi connectivity index (χ0) is 11.7. The molecule has 0 spiro atoms. The molecule has 0 fully saturated rings. The Labute approximate surface area is 96.5 Å². The maximum atomic E-state index is 11.8. The van der Waals surface area contributed by atoms with Gasteiger partial charge in [0.05, 0.1) is 5.69 Å². The van der Waals surface area contributed by atoms with E-state index >= 15 is 0 Å². The van der Waals surface area contributed by atoms with Crippen molar-refractivity contribution in [2.24, 2.45) is 0 Å². The Morgan fingerprint density at radius 3 is 2.44 bits per heavy atom. The molecule has 0 aliphatic carbocycles. The molecule has 1 aromatic heterocycles. The Morgan fingerprint density at radius 2 is 1.94 bits per heavy atom. The minimum atomic E-state index is -0.352. The Kier molecular flexibility index (Phi) is 2.66. The first-order valence-electron chi connectivity index (χ1n) is 4.66. The summed E-state index contributed by atoms with van der Waals surface area (Å²) in [4.78, 5) is 22.5. The van der Waals surface area contributed by atoms with Crippen LogP contribution in [0.15, 0.2) is 29.1 Å². The fourth-order valence-electron chi connectivity index (χ4n) is 1.47. The Bertz CT molecular complexity index is 581. The molecule has 0 saturated carbocycles. The molecule has 82 valence electrons. The first kappa shape index (κ1) is 10.7. The molecule has 0 saturated heterocycles. The fourth-order valence-corrected chi connectivity index (χ4v) is 1.60. The highest BCUT2D eigenvalue weighted by molar-refractivity contribution is 6.30. The zero-order valence-corrected chi connectivity index (χ0v) is 9.28. The summed E-state index contributed by atoms with van der Waals surface area (Å²) in [6.07, 6.45) is 0.556. The van der Waals surface area contributed by atoms with E-state index in [4.69, 9.17) is 11.6 Å². The minimum Gasteiger partial charge on any atom is -0.298 e. The lowest BCUT2D eigenvalue weighted by Gasteiger charge is -2.00. The predicted molar refractivity (Wildman–Crippen MR) is 61.5 cm³/mol. The summed E-state index contributed by atoms with van der Waals surface area (Å²) in [6, 6.07) is 6.77. The SMILES string of the molecule is Cc1[nH]n(-c2ccc(Cl)cc2)c(=O)c1C=O. The minimum absolute atomic E-state index is 0.148. The molecule has 1 heterocycles. The Hall–Kier alpha value is -1.81. The number of nitrogens with zero attached hydrogens (tertiary/aromatic N) is 1. The van der Waals surface area contributed by atoms with Gasteiger partial charge in [-0.05, 0) is 31.2 Å². The summed E-state index contributed by atoms with van der Waals surface area (Å²) >= 11 is 5.75. The molecule has 2 rings (SSSR count). The van der Waals surface area contributed by atoms with Gasteiger partial charge in [-0.25, -0.2) is 4.68 Å². The summed E-state index contributed by atoms with van der Waals surface area (Å²) in [6.45, 7) is 1.68. The lowest BCUT2D eigenvalue weighted by atomic mass is 10.3. The topological polar surface area (TPSA) is 54.9 Å². The summed E-state index contributed by atoms with van der Waals surface area (Å²) in [5, 5.41) is 3.42. The molecule has 1 N–H and O–H groups in total.